The van der Waals surface area contributed by atoms with Crippen LogP contribution >= 0.6 is 0 Å². The number of amides is 1. The number of aliphatic hydroxyl groups is 1. The smallest absolute Gasteiger partial charge is 0.255 e. The van der Waals surface area contributed by atoms with Gasteiger partial charge in [-0.3, -0.25) is 4.79 Å². The van der Waals surface area contributed by atoms with Crippen LogP contribution in [0.15, 0.2) is 18.2 Å². The van der Waals surface area contributed by atoms with Gasteiger partial charge in [-0.1, -0.05) is 24.5 Å². The number of hydrogen-bond acceptors (Lipinski definition) is 3. The number of aliphatic hydroxyl groups excluding tert-OH is 1. The minimum absolute atomic E-state index is 0.0992. The number of carbonyl (C=O) groups is 1. The summed E-state index contributed by atoms with van der Waals surface area (Å²) in [6, 6.07) is 5.60. The van der Waals surface area contributed by atoms with Crippen molar-refractivity contribution in [1.29, 1.82) is 0 Å². The monoisotopic (exact) mass is 291 g/mol. The Balaban J connectivity index is 1.99. The standard InChI is InChI=1S/C17H25NO3/c1-12-7-8-16(21-2)15(9-12)17(20)18-10-13-5-3-4-6-14(13)11-19/h7-9,13-14,19H,3-6,10-11H2,1-2H3,(H,18,20). The molecule has 116 valence electrons. The third kappa shape index (κ3) is 3.97. The van der Waals surface area contributed by atoms with Crippen molar-refractivity contribution in [3.8, 4) is 5.75 Å². The Labute approximate surface area is 126 Å². The van der Waals surface area contributed by atoms with Gasteiger partial charge >= 0.3 is 0 Å². The average Bonchev–Trinajstić information content (AvgIpc) is 2.52. The van der Waals surface area contributed by atoms with Crippen LogP contribution in [0.5, 0.6) is 5.75 Å². The van der Waals surface area contributed by atoms with Gasteiger partial charge in [-0.15, -0.1) is 0 Å². The highest BCUT2D eigenvalue weighted by molar-refractivity contribution is 5.97. The summed E-state index contributed by atoms with van der Waals surface area (Å²) in [6.45, 7) is 2.80. The molecule has 1 aromatic carbocycles. The van der Waals surface area contributed by atoms with Gasteiger partial charge in [-0.05, 0) is 43.7 Å². The topological polar surface area (TPSA) is 58.6 Å². The SMILES string of the molecule is COc1ccc(C)cc1C(=O)NCC1CCCCC1CO. The molecule has 1 aliphatic carbocycles. The van der Waals surface area contributed by atoms with Gasteiger partial charge in [0.25, 0.3) is 5.91 Å². The lowest BCUT2D eigenvalue weighted by molar-refractivity contribution is 0.0906. The summed E-state index contributed by atoms with van der Waals surface area (Å²) >= 11 is 0. The second-order valence-electron chi connectivity index (χ2n) is 5.90. The molecule has 4 heteroatoms. The molecular weight excluding hydrogens is 266 g/mol. The van der Waals surface area contributed by atoms with Gasteiger partial charge in [0.1, 0.15) is 5.75 Å². The fourth-order valence-electron chi connectivity index (χ4n) is 3.11. The van der Waals surface area contributed by atoms with Crippen LogP contribution in [-0.2, 0) is 0 Å². The van der Waals surface area contributed by atoms with Crippen LogP contribution in [0, 0.1) is 18.8 Å². The molecule has 0 aliphatic heterocycles. The normalized spacial score (nSPS) is 21.9. The Morgan fingerprint density at radius 2 is 2.05 bits per heavy atom. The number of nitrogens with one attached hydrogen (secondary N) is 1. The highest BCUT2D eigenvalue weighted by atomic mass is 16.5. The Morgan fingerprint density at radius 1 is 1.33 bits per heavy atom. The van der Waals surface area contributed by atoms with E-state index in [9.17, 15) is 9.90 Å². The molecule has 0 aromatic heterocycles. The van der Waals surface area contributed by atoms with Crippen LogP contribution < -0.4 is 10.1 Å². The largest absolute Gasteiger partial charge is 0.496 e. The number of carbonyl (C=O) groups excluding carboxylic acids is 1. The van der Waals surface area contributed by atoms with E-state index in [1.165, 1.54) is 12.8 Å². The highest BCUT2D eigenvalue weighted by Crippen LogP contribution is 2.29. The minimum Gasteiger partial charge on any atom is -0.496 e. The molecule has 0 heterocycles. The predicted octanol–water partition coefficient (Wildman–Crippen LogP) is 2.53. The molecule has 0 saturated heterocycles. The minimum atomic E-state index is -0.0992. The number of ether oxygens (including phenoxy) is 1. The van der Waals surface area contributed by atoms with Crippen LogP contribution in [0.1, 0.15) is 41.6 Å². The van der Waals surface area contributed by atoms with Gasteiger partial charge in [0.15, 0.2) is 0 Å². The van der Waals surface area contributed by atoms with E-state index in [2.05, 4.69) is 5.32 Å². The summed E-state index contributed by atoms with van der Waals surface area (Å²) in [5.74, 6) is 1.19. The number of rotatable bonds is 5. The van der Waals surface area contributed by atoms with Crippen molar-refractivity contribution in [3.05, 3.63) is 29.3 Å². The van der Waals surface area contributed by atoms with Crippen molar-refractivity contribution in [2.45, 2.75) is 32.6 Å². The van der Waals surface area contributed by atoms with Crippen molar-refractivity contribution in [2.24, 2.45) is 11.8 Å². The molecule has 2 rings (SSSR count). The lowest BCUT2D eigenvalue weighted by Gasteiger charge is -2.30. The number of benzene rings is 1. The Kier molecular flexibility index (Phi) is 5.62. The van der Waals surface area contributed by atoms with E-state index < -0.39 is 0 Å². The zero-order chi connectivity index (χ0) is 15.2. The second-order valence-corrected chi connectivity index (χ2v) is 5.90. The Morgan fingerprint density at radius 3 is 2.71 bits per heavy atom. The van der Waals surface area contributed by atoms with Crippen LogP contribution in [0.4, 0.5) is 0 Å². The van der Waals surface area contributed by atoms with Gasteiger partial charge in [0.2, 0.25) is 0 Å². The molecule has 0 bridgehead atoms. The summed E-state index contributed by atoms with van der Waals surface area (Å²) in [6.07, 6.45) is 4.51. The first-order chi connectivity index (χ1) is 10.2. The van der Waals surface area contributed by atoms with E-state index in [-0.39, 0.29) is 12.5 Å². The molecule has 21 heavy (non-hydrogen) atoms. The van der Waals surface area contributed by atoms with Crippen LogP contribution in [0.3, 0.4) is 0 Å². The van der Waals surface area contributed by atoms with Gasteiger partial charge in [0.05, 0.1) is 12.7 Å². The molecule has 2 unspecified atom stereocenters. The van der Waals surface area contributed by atoms with E-state index >= 15 is 0 Å². The van der Waals surface area contributed by atoms with Gasteiger partial charge in [-0.2, -0.15) is 0 Å². The quantitative estimate of drug-likeness (QED) is 0.876. The van der Waals surface area contributed by atoms with Gasteiger partial charge in [-0.25, -0.2) is 0 Å². The number of methoxy groups -OCH3 is 1. The van der Waals surface area contributed by atoms with Crippen LogP contribution in [-0.4, -0.2) is 31.3 Å². The Hall–Kier alpha value is -1.55. The number of hydrogen-bond donors (Lipinski definition) is 2. The van der Waals surface area contributed by atoms with E-state index in [0.717, 1.165) is 18.4 Å². The molecule has 1 fully saturated rings. The fourth-order valence-corrected chi connectivity index (χ4v) is 3.11. The van der Waals surface area contributed by atoms with Crippen molar-refractivity contribution in [2.75, 3.05) is 20.3 Å². The van der Waals surface area contributed by atoms with Crippen molar-refractivity contribution < 1.29 is 14.6 Å². The van der Waals surface area contributed by atoms with Crippen molar-refractivity contribution in [3.63, 3.8) is 0 Å². The summed E-state index contributed by atoms with van der Waals surface area (Å²) in [4.78, 5) is 12.4. The van der Waals surface area contributed by atoms with E-state index in [1.807, 2.05) is 25.1 Å². The summed E-state index contributed by atoms with van der Waals surface area (Å²) in [5.41, 5.74) is 1.61. The molecular formula is C17H25NO3. The molecule has 0 spiro atoms. The molecule has 4 nitrogen and oxygen atoms in total. The third-order valence-electron chi connectivity index (χ3n) is 4.43. The third-order valence-corrected chi connectivity index (χ3v) is 4.43. The summed E-state index contributed by atoms with van der Waals surface area (Å²) < 4.78 is 5.25. The van der Waals surface area contributed by atoms with Crippen LogP contribution in [0.25, 0.3) is 0 Å². The van der Waals surface area contributed by atoms with Gasteiger partial charge in [0, 0.05) is 13.2 Å². The first-order valence-electron chi connectivity index (χ1n) is 7.69. The van der Waals surface area contributed by atoms with E-state index in [1.54, 1.807) is 7.11 Å². The second kappa shape index (κ2) is 7.46. The van der Waals surface area contributed by atoms with E-state index in [0.29, 0.717) is 29.7 Å². The fraction of sp³-hybridized carbons (Fsp3) is 0.588. The average molecular weight is 291 g/mol. The van der Waals surface area contributed by atoms with E-state index in [4.69, 9.17) is 4.74 Å². The molecule has 0 radical (unpaired) electrons. The first-order valence-corrected chi connectivity index (χ1v) is 7.69. The highest BCUT2D eigenvalue weighted by Gasteiger charge is 2.25. The molecule has 2 N–H and O–H groups in total. The lowest BCUT2D eigenvalue weighted by atomic mass is 9.79. The summed E-state index contributed by atoms with van der Waals surface area (Å²) in [5, 5.41) is 12.4. The zero-order valence-electron chi connectivity index (χ0n) is 12.9. The lowest BCUT2D eigenvalue weighted by Crippen LogP contribution is -2.35. The maximum absolute atomic E-state index is 12.4. The first kappa shape index (κ1) is 15.8. The molecule has 1 amide bonds. The predicted molar refractivity (Wildman–Crippen MR) is 82.6 cm³/mol. The summed E-state index contributed by atoms with van der Waals surface area (Å²) in [7, 11) is 1.57. The molecule has 1 saturated carbocycles. The van der Waals surface area contributed by atoms with Crippen LogP contribution in [0.2, 0.25) is 0 Å². The van der Waals surface area contributed by atoms with Gasteiger partial charge < -0.3 is 15.2 Å². The zero-order valence-corrected chi connectivity index (χ0v) is 12.9. The maximum Gasteiger partial charge on any atom is 0.255 e. The maximum atomic E-state index is 12.4. The number of aryl methyl sites for hydroxylation is 1. The molecule has 1 aromatic rings. The van der Waals surface area contributed by atoms with Crippen molar-refractivity contribution in [1.82, 2.24) is 5.32 Å². The van der Waals surface area contributed by atoms with Crippen molar-refractivity contribution >= 4 is 5.91 Å². The Bertz CT molecular complexity index is 487. The molecule has 2 atom stereocenters. The molecule has 1 aliphatic rings.